The first-order chi connectivity index (χ1) is 14.2. The normalized spacial score (nSPS) is 38.3. The van der Waals surface area contributed by atoms with Crippen LogP contribution in [-0.2, 0) is 15.9 Å². The van der Waals surface area contributed by atoms with E-state index in [0.717, 1.165) is 31.4 Å². The molecule has 5 aliphatic rings. The molecule has 0 aromatic carbocycles. The molecule has 0 saturated carbocycles. The van der Waals surface area contributed by atoms with Crippen molar-refractivity contribution in [2.24, 2.45) is 0 Å². The number of piperidine rings is 2. The highest BCUT2D eigenvalue weighted by Gasteiger charge is 2.51. The summed E-state index contributed by atoms with van der Waals surface area (Å²) in [5.74, 6) is 0.780. The number of rotatable bonds is 5. The Hall–Kier alpha value is -1.29. The molecule has 6 heterocycles. The lowest BCUT2D eigenvalue weighted by Gasteiger charge is -2.53. The lowest BCUT2D eigenvalue weighted by molar-refractivity contribution is -0.00228. The van der Waals surface area contributed by atoms with E-state index in [1.807, 2.05) is 0 Å². The van der Waals surface area contributed by atoms with Gasteiger partial charge < -0.3 is 14.6 Å². The van der Waals surface area contributed by atoms with Crippen LogP contribution in [0.15, 0.2) is 10.6 Å². The average Bonchev–Trinajstić information content (AvgIpc) is 3.24. The zero-order valence-electron chi connectivity index (χ0n) is 16.5. The first kappa shape index (κ1) is 18.5. The molecule has 1 aromatic heterocycles. The van der Waals surface area contributed by atoms with Crippen molar-refractivity contribution < 1.29 is 18.3 Å². The summed E-state index contributed by atoms with van der Waals surface area (Å²) < 4.78 is 28.4. The molecule has 9 heteroatoms. The number of amides is 1. The topological polar surface area (TPSA) is 87.9 Å². The number of nitrogens with zero attached hydrogens (tertiary/aromatic N) is 3. The summed E-state index contributed by atoms with van der Waals surface area (Å²) in [6.45, 7) is 1.27. The molecule has 1 aromatic rings. The second kappa shape index (κ2) is 7.14. The van der Waals surface area contributed by atoms with Crippen molar-refractivity contribution in [3.05, 3.63) is 17.5 Å². The Morgan fingerprint density at radius 3 is 2.28 bits per heavy atom. The minimum absolute atomic E-state index is 0.108. The van der Waals surface area contributed by atoms with Crippen molar-refractivity contribution in [1.29, 1.82) is 0 Å². The predicted molar refractivity (Wildman–Crippen MR) is 105 cm³/mol. The Morgan fingerprint density at radius 1 is 1.03 bits per heavy atom. The molecule has 8 nitrogen and oxygen atoms in total. The van der Waals surface area contributed by atoms with Gasteiger partial charge in [-0.1, -0.05) is 11.6 Å². The summed E-state index contributed by atoms with van der Waals surface area (Å²) in [5.41, 5.74) is 0.346. The first-order valence-corrected chi connectivity index (χ1v) is 12.1. The molecular weight excluding hydrogens is 392 g/mol. The van der Waals surface area contributed by atoms with E-state index in [0.29, 0.717) is 43.1 Å². The third-order valence-electron chi connectivity index (χ3n) is 7.50. The number of carbonyl (C=O) groups is 1. The van der Waals surface area contributed by atoms with E-state index in [4.69, 9.17) is 9.26 Å². The number of carbonyl (C=O) groups excluding carboxylic acids is 1. The molecule has 6 rings (SSSR count). The van der Waals surface area contributed by atoms with Crippen LogP contribution >= 0.6 is 0 Å². The van der Waals surface area contributed by atoms with Crippen LogP contribution in [-0.4, -0.2) is 67.3 Å². The number of aromatic nitrogens is 1. The molecule has 5 unspecified atom stereocenters. The molecule has 1 amide bonds. The van der Waals surface area contributed by atoms with E-state index < -0.39 is 11.2 Å². The van der Waals surface area contributed by atoms with E-state index in [1.54, 1.807) is 6.07 Å². The van der Waals surface area contributed by atoms with Crippen molar-refractivity contribution in [2.75, 3.05) is 13.2 Å². The van der Waals surface area contributed by atoms with Crippen LogP contribution in [0.1, 0.15) is 73.5 Å². The fourth-order valence-corrected chi connectivity index (χ4v) is 7.88. The molecule has 5 aliphatic heterocycles. The molecule has 4 bridgehead atoms. The maximum Gasteiger partial charge on any atom is 0.273 e. The van der Waals surface area contributed by atoms with Crippen molar-refractivity contribution in [2.45, 2.75) is 87.5 Å². The van der Waals surface area contributed by atoms with Gasteiger partial charge in [-0.3, -0.25) is 4.79 Å². The fraction of sp³-hybridized carbons (Fsp3) is 0.800. The number of nitrogens with one attached hydrogen (secondary N) is 1. The van der Waals surface area contributed by atoms with Gasteiger partial charge in [0.1, 0.15) is 5.76 Å². The molecule has 0 radical (unpaired) electrons. The minimum Gasteiger partial charge on any atom is -0.380 e. The van der Waals surface area contributed by atoms with E-state index >= 15 is 0 Å². The summed E-state index contributed by atoms with van der Waals surface area (Å²) in [4.78, 5) is 12.7. The van der Waals surface area contributed by atoms with Crippen LogP contribution in [0, 0.1) is 0 Å². The quantitative estimate of drug-likeness (QED) is 0.784. The molecule has 5 atom stereocenters. The van der Waals surface area contributed by atoms with Gasteiger partial charge in [-0.2, -0.15) is 0 Å². The summed E-state index contributed by atoms with van der Waals surface area (Å²) >= 11 is -1.02. The maximum atomic E-state index is 13.3. The number of hydrogen-bond acceptors (Lipinski definition) is 5. The number of hydrogen-bond donors (Lipinski definition) is 1. The van der Waals surface area contributed by atoms with Crippen molar-refractivity contribution >= 4 is 17.1 Å². The zero-order chi connectivity index (χ0) is 19.5. The third kappa shape index (κ3) is 3.08. The van der Waals surface area contributed by atoms with Gasteiger partial charge in [0.15, 0.2) is 16.9 Å². The molecule has 1 N–H and O–H groups in total. The number of ether oxygens (including phenoxy) is 1. The second-order valence-corrected chi connectivity index (χ2v) is 10.6. The maximum absolute atomic E-state index is 13.3. The van der Waals surface area contributed by atoms with Gasteiger partial charge in [0.05, 0.1) is 19.1 Å². The number of fused-ring (bicyclic) bond motifs is 4. The van der Waals surface area contributed by atoms with E-state index in [1.165, 1.54) is 25.7 Å². The highest BCUT2D eigenvalue weighted by Crippen LogP contribution is 2.44. The Kier molecular flexibility index (Phi) is 4.55. The van der Waals surface area contributed by atoms with E-state index in [2.05, 4.69) is 19.1 Å². The van der Waals surface area contributed by atoms with Crippen LogP contribution in [0.3, 0.4) is 0 Å². The van der Waals surface area contributed by atoms with E-state index in [9.17, 15) is 9.00 Å². The molecular formula is C20H28N4O4S. The van der Waals surface area contributed by atoms with Crippen molar-refractivity contribution in [3.8, 4) is 0 Å². The Balaban J connectivity index is 1.09. The van der Waals surface area contributed by atoms with Gasteiger partial charge in [-0.25, -0.2) is 12.8 Å². The van der Waals surface area contributed by atoms with Gasteiger partial charge >= 0.3 is 0 Å². The summed E-state index contributed by atoms with van der Waals surface area (Å²) in [6, 6.07) is 3.48. The summed E-state index contributed by atoms with van der Waals surface area (Å²) in [7, 11) is 0. The van der Waals surface area contributed by atoms with Gasteiger partial charge in [0, 0.05) is 36.3 Å². The van der Waals surface area contributed by atoms with Crippen LogP contribution in [0.2, 0.25) is 0 Å². The molecule has 29 heavy (non-hydrogen) atoms. The summed E-state index contributed by atoms with van der Waals surface area (Å²) in [6.07, 6.45) is 8.75. The van der Waals surface area contributed by atoms with Gasteiger partial charge in [-0.05, 0) is 44.9 Å². The zero-order valence-corrected chi connectivity index (χ0v) is 17.3. The monoisotopic (exact) mass is 420 g/mol. The Morgan fingerprint density at radius 2 is 1.69 bits per heavy atom. The smallest absolute Gasteiger partial charge is 0.273 e. The molecule has 158 valence electrons. The first-order valence-electron chi connectivity index (χ1n) is 11.0. The lowest BCUT2D eigenvalue weighted by Crippen LogP contribution is -2.64. The minimum atomic E-state index is -1.02. The molecule has 5 saturated heterocycles. The second-order valence-electron chi connectivity index (χ2n) is 9.30. The fourth-order valence-electron chi connectivity index (χ4n) is 5.88. The van der Waals surface area contributed by atoms with Crippen LogP contribution in [0.4, 0.5) is 0 Å². The molecule has 0 spiro atoms. The van der Waals surface area contributed by atoms with Crippen molar-refractivity contribution in [1.82, 2.24) is 19.1 Å². The van der Waals surface area contributed by atoms with Crippen LogP contribution < -0.4 is 5.32 Å². The lowest BCUT2D eigenvalue weighted by atomic mass is 9.83. The Bertz CT molecular complexity index is 799. The largest absolute Gasteiger partial charge is 0.380 e. The van der Waals surface area contributed by atoms with Crippen LogP contribution in [0.25, 0.3) is 0 Å². The predicted octanol–water partition coefficient (Wildman–Crippen LogP) is 1.72. The third-order valence-corrected chi connectivity index (χ3v) is 9.42. The van der Waals surface area contributed by atoms with Gasteiger partial charge in [0.25, 0.3) is 5.91 Å². The standard InChI is InChI=1S/C20H28N4O4S/c25-20(18-9-19(28-22-18)12-10-27-11-12)21-13-6-16-4-5-17(7-13)24(16)29(26)23-14-2-1-3-15(23)8-14/h9,12-17H,1-8,10-11H2,(H,21,25). The van der Waals surface area contributed by atoms with Gasteiger partial charge in [-0.15, -0.1) is 0 Å². The highest BCUT2D eigenvalue weighted by atomic mass is 32.2. The van der Waals surface area contributed by atoms with Crippen LogP contribution in [0.5, 0.6) is 0 Å². The molecule has 5 fully saturated rings. The molecule has 0 aliphatic carbocycles. The summed E-state index contributed by atoms with van der Waals surface area (Å²) in [5, 5.41) is 7.10. The van der Waals surface area contributed by atoms with E-state index in [-0.39, 0.29) is 17.9 Å². The average molecular weight is 421 g/mol. The van der Waals surface area contributed by atoms with Crippen molar-refractivity contribution in [3.63, 3.8) is 0 Å². The highest BCUT2D eigenvalue weighted by molar-refractivity contribution is 7.80. The Labute approximate surface area is 173 Å². The SMILES string of the molecule is O=C(NC1CC2CCC(C1)N2S(=O)N1C2CCCC1C2)c1cc(C2COC2)on1. The van der Waals surface area contributed by atoms with Gasteiger partial charge in [0.2, 0.25) is 0 Å².